The molecule has 0 bridgehead atoms. The maximum atomic E-state index is 13.0. The van der Waals surface area contributed by atoms with Gasteiger partial charge in [0.05, 0.1) is 21.5 Å². The Kier molecular flexibility index (Phi) is 5.17. The molecule has 2 aromatic rings. The van der Waals surface area contributed by atoms with Crippen LogP contribution in [0.5, 0.6) is 0 Å². The zero-order chi connectivity index (χ0) is 16.9. The fourth-order valence-corrected chi connectivity index (χ4v) is 3.90. The normalized spacial score (nSPS) is 16.2. The minimum Gasteiger partial charge on any atom is -0.315 e. The van der Waals surface area contributed by atoms with Crippen molar-refractivity contribution in [2.45, 2.75) is 5.75 Å². The van der Waals surface area contributed by atoms with Crippen LogP contribution in [-0.4, -0.2) is 26.7 Å². The number of nitrogens with one attached hydrogen (secondary N) is 1. The number of hydrogen-bond acceptors (Lipinski definition) is 3. The molecule has 1 saturated heterocycles. The van der Waals surface area contributed by atoms with Gasteiger partial charge in [0.25, 0.3) is 0 Å². The van der Waals surface area contributed by atoms with E-state index in [0.29, 0.717) is 15.8 Å². The van der Waals surface area contributed by atoms with Crippen LogP contribution in [-0.2, 0) is 21.3 Å². The molecule has 3 rings (SSSR count). The summed E-state index contributed by atoms with van der Waals surface area (Å²) in [5.74, 6) is 0.251. The highest BCUT2D eigenvalue weighted by Gasteiger charge is 2.23. The molecule has 0 unspecified atom stereocenters. The van der Waals surface area contributed by atoms with Gasteiger partial charge in [-0.05, 0) is 23.3 Å². The summed E-state index contributed by atoms with van der Waals surface area (Å²) in [4.78, 5) is 13.8. The zero-order valence-corrected chi connectivity index (χ0v) is 14.5. The van der Waals surface area contributed by atoms with Crippen molar-refractivity contribution < 1.29 is 9.00 Å². The second-order valence-electron chi connectivity index (χ2n) is 5.32. The molecular weight excluding hydrogens is 340 g/mol. The summed E-state index contributed by atoms with van der Waals surface area (Å²) in [6.45, 7) is 0.150. The number of amides is 1. The van der Waals surface area contributed by atoms with Gasteiger partial charge in [-0.1, -0.05) is 60.7 Å². The minimum atomic E-state index is -1.26. The zero-order valence-electron chi connectivity index (χ0n) is 12.8. The standard InChI is InChI=1S/C18H16N2O2S2/c21-17-12-20(18(23)19-17)11-16(15-9-5-2-6-10-15)24(22)13-14-7-3-1-4-8-14/h1-11H,12-13H2,(H,19,21,23)/b16-11+/t24-/m0/s1. The van der Waals surface area contributed by atoms with E-state index in [9.17, 15) is 9.00 Å². The molecule has 6 heteroatoms. The Hall–Kier alpha value is -2.31. The smallest absolute Gasteiger partial charge is 0.246 e. The van der Waals surface area contributed by atoms with Gasteiger partial charge >= 0.3 is 0 Å². The number of carbonyl (C=O) groups is 1. The van der Waals surface area contributed by atoms with E-state index in [1.54, 1.807) is 11.1 Å². The summed E-state index contributed by atoms with van der Waals surface area (Å²) >= 11 is 5.15. The lowest BCUT2D eigenvalue weighted by molar-refractivity contribution is -0.118. The van der Waals surface area contributed by atoms with Crippen LogP contribution >= 0.6 is 12.2 Å². The summed E-state index contributed by atoms with van der Waals surface area (Å²) in [6.07, 6.45) is 1.72. The Balaban J connectivity index is 1.92. The van der Waals surface area contributed by atoms with Crippen molar-refractivity contribution in [1.29, 1.82) is 0 Å². The van der Waals surface area contributed by atoms with Gasteiger partial charge in [0.1, 0.15) is 6.54 Å². The molecule has 1 N–H and O–H groups in total. The molecule has 0 aromatic heterocycles. The summed E-state index contributed by atoms with van der Waals surface area (Å²) in [6, 6.07) is 19.2. The van der Waals surface area contributed by atoms with Crippen molar-refractivity contribution in [2.75, 3.05) is 6.54 Å². The fourth-order valence-electron chi connectivity index (χ4n) is 2.37. The maximum Gasteiger partial charge on any atom is 0.246 e. The first-order valence-electron chi connectivity index (χ1n) is 7.43. The second-order valence-corrected chi connectivity index (χ2v) is 7.12. The Labute approximate surface area is 148 Å². The topological polar surface area (TPSA) is 49.4 Å². The summed E-state index contributed by atoms with van der Waals surface area (Å²) in [5, 5.41) is 2.93. The highest BCUT2D eigenvalue weighted by molar-refractivity contribution is 7.93. The van der Waals surface area contributed by atoms with E-state index in [4.69, 9.17) is 12.2 Å². The van der Waals surface area contributed by atoms with Crippen LogP contribution in [0, 0.1) is 0 Å². The molecule has 2 aromatic carbocycles. The Morgan fingerprint density at radius 3 is 2.33 bits per heavy atom. The summed E-state index contributed by atoms with van der Waals surface area (Å²) in [5.41, 5.74) is 1.85. The molecule has 122 valence electrons. The first-order chi connectivity index (χ1) is 11.6. The lowest BCUT2D eigenvalue weighted by Gasteiger charge is -2.14. The number of thiocarbonyl (C=S) groups is 1. The molecule has 24 heavy (non-hydrogen) atoms. The molecule has 1 fully saturated rings. The second kappa shape index (κ2) is 7.51. The first-order valence-corrected chi connectivity index (χ1v) is 9.16. The highest BCUT2D eigenvalue weighted by atomic mass is 32.2. The molecule has 4 nitrogen and oxygen atoms in total. The van der Waals surface area contributed by atoms with Crippen molar-refractivity contribution in [2.24, 2.45) is 0 Å². The van der Waals surface area contributed by atoms with Crippen LogP contribution in [0.25, 0.3) is 4.91 Å². The lowest BCUT2D eigenvalue weighted by Crippen LogP contribution is -2.24. The van der Waals surface area contributed by atoms with Crippen LogP contribution in [0.2, 0.25) is 0 Å². The lowest BCUT2D eigenvalue weighted by atomic mass is 10.2. The molecule has 1 aliphatic rings. The molecule has 0 spiro atoms. The predicted molar refractivity (Wildman–Crippen MR) is 100 cm³/mol. The third-order valence-electron chi connectivity index (χ3n) is 3.54. The van der Waals surface area contributed by atoms with Crippen molar-refractivity contribution in [3.63, 3.8) is 0 Å². The highest BCUT2D eigenvalue weighted by Crippen LogP contribution is 2.22. The molecular formula is C18H16N2O2S2. The van der Waals surface area contributed by atoms with Gasteiger partial charge in [-0.2, -0.15) is 0 Å². The largest absolute Gasteiger partial charge is 0.315 e. The van der Waals surface area contributed by atoms with E-state index in [2.05, 4.69) is 5.32 Å². The van der Waals surface area contributed by atoms with Gasteiger partial charge in [0, 0.05) is 6.20 Å². The van der Waals surface area contributed by atoms with E-state index in [0.717, 1.165) is 11.1 Å². The van der Waals surface area contributed by atoms with Gasteiger partial charge in [-0.3, -0.25) is 9.00 Å². The van der Waals surface area contributed by atoms with E-state index in [-0.39, 0.29) is 12.5 Å². The summed E-state index contributed by atoms with van der Waals surface area (Å²) in [7, 11) is -1.26. The van der Waals surface area contributed by atoms with Gasteiger partial charge < -0.3 is 10.2 Å². The van der Waals surface area contributed by atoms with E-state index in [1.165, 1.54) is 0 Å². The number of carbonyl (C=O) groups excluding carboxylic acids is 1. The van der Waals surface area contributed by atoms with Crippen LogP contribution in [0.3, 0.4) is 0 Å². The molecule has 1 atom stereocenters. The quantitative estimate of drug-likeness (QED) is 0.837. The van der Waals surface area contributed by atoms with Crippen LogP contribution < -0.4 is 5.32 Å². The predicted octanol–water partition coefficient (Wildman–Crippen LogP) is 2.65. The third kappa shape index (κ3) is 3.96. The SMILES string of the molecule is O=C1CN(/C=C(\c2ccccc2)[S@@](=O)Cc2ccccc2)C(=S)N1. The summed E-state index contributed by atoms with van der Waals surface area (Å²) < 4.78 is 13.0. The average molecular weight is 356 g/mol. The van der Waals surface area contributed by atoms with Crippen molar-refractivity contribution in [1.82, 2.24) is 10.2 Å². The Bertz CT molecular complexity index is 804. The van der Waals surface area contributed by atoms with Crippen molar-refractivity contribution in [3.8, 4) is 0 Å². The Morgan fingerprint density at radius 1 is 1.12 bits per heavy atom. The van der Waals surface area contributed by atoms with Gasteiger partial charge in [0.2, 0.25) is 5.91 Å². The molecule has 0 radical (unpaired) electrons. The van der Waals surface area contributed by atoms with Gasteiger partial charge in [-0.15, -0.1) is 0 Å². The van der Waals surface area contributed by atoms with E-state index in [1.807, 2.05) is 60.7 Å². The molecule has 0 saturated carbocycles. The van der Waals surface area contributed by atoms with Gasteiger partial charge in [-0.25, -0.2) is 0 Å². The molecule has 1 heterocycles. The molecule has 0 aliphatic carbocycles. The van der Waals surface area contributed by atoms with E-state index < -0.39 is 10.8 Å². The van der Waals surface area contributed by atoms with Crippen molar-refractivity contribution in [3.05, 3.63) is 78.0 Å². The minimum absolute atomic E-state index is 0.150. The number of hydrogen-bond donors (Lipinski definition) is 1. The monoisotopic (exact) mass is 356 g/mol. The molecule has 1 amide bonds. The average Bonchev–Trinajstić information content (AvgIpc) is 2.91. The van der Waals surface area contributed by atoms with E-state index >= 15 is 0 Å². The first kappa shape index (κ1) is 16.5. The fraction of sp³-hybridized carbons (Fsp3) is 0.111. The van der Waals surface area contributed by atoms with Crippen LogP contribution in [0.4, 0.5) is 0 Å². The third-order valence-corrected chi connectivity index (χ3v) is 5.30. The molecule has 1 aliphatic heterocycles. The van der Waals surface area contributed by atoms with Gasteiger partial charge in [0.15, 0.2) is 5.11 Å². The maximum absolute atomic E-state index is 13.0. The number of nitrogens with zero attached hydrogens (tertiary/aromatic N) is 1. The van der Waals surface area contributed by atoms with Crippen LogP contribution in [0.1, 0.15) is 11.1 Å². The number of benzene rings is 2. The Morgan fingerprint density at radius 2 is 1.75 bits per heavy atom. The van der Waals surface area contributed by atoms with Crippen LogP contribution in [0.15, 0.2) is 66.9 Å². The number of rotatable bonds is 5. The van der Waals surface area contributed by atoms with Crippen molar-refractivity contribution >= 4 is 38.9 Å².